The summed E-state index contributed by atoms with van der Waals surface area (Å²) in [5.41, 5.74) is 0. The maximum Gasteiger partial charge on any atom is 0.306 e. The zero-order valence-corrected chi connectivity index (χ0v) is 38.2. The molecule has 336 valence electrons. The van der Waals surface area contributed by atoms with Crippen molar-refractivity contribution in [1.82, 2.24) is 5.32 Å². The lowest BCUT2D eigenvalue weighted by Crippen LogP contribution is -2.46. The number of aliphatic hydroxyl groups is 2. The van der Waals surface area contributed by atoms with Crippen LogP contribution in [0.25, 0.3) is 0 Å². The minimum atomic E-state index is -0.786. The molecule has 0 fully saturated rings. The van der Waals surface area contributed by atoms with Crippen LogP contribution in [0, 0.1) is 0 Å². The van der Waals surface area contributed by atoms with Gasteiger partial charge in [0, 0.05) is 6.42 Å². The Balaban J connectivity index is 4.58. The number of rotatable bonds is 45. The SMILES string of the molecule is CCCCCCCCC/C=C/C=C/CCCCCC(=O)OC(CCCCCCCCCCCCCC)CC(=O)NC(CO)C(O)CCCCCCCCCCCC. The van der Waals surface area contributed by atoms with Gasteiger partial charge in [0.25, 0.3) is 0 Å². The lowest BCUT2D eigenvalue weighted by atomic mass is 10.0. The van der Waals surface area contributed by atoms with Gasteiger partial charge in [0.1, 0.15) is 6.10 Å². The number of allylic oxidation sites excluding steroid dienone is 4. The van der Waals surface area contributed by atoms with Crippen LogP contribution in [-0.4, -0.2) is 46.9 Å². The molecule has 0 aromatic carbocycles. The normalized spacial score (nSPS) is 13.4. The van der Waals surface area contributed by atoms with Crippen LogP contribution in [0.15, 0.2) is 24.3 Å². The van der Waals surface area contributed by atoms with Gasteiger partial charge in [0.15, 0.2) is 0 Å². The van der Waals surface area contributed by atoms with Crippen molar-refractivity contribution in [1.29, 1.82) is 0 Å². The number of aliphatic hydroxyl groups excluding tert-OH is 2. The second-order valence-electron chi connectivity index (χ2n) is 17.3. The van der Waals surface area contributed by atoms with Crippen molar-refractivity contribution in [2.45, 2.75) is 283 Å². The maximum atomic E-state index is 13.2. The van der Waals surface area contributed by atoms with Crippen LogP contribution in [0.5, 0.6) is 0 Å². The van der Waals surface area contributed by atoms with Crippen molar-refractivity contribution >= 4 is 11.9 Å². The second kappa shape index (κ2) is 45.4. The average Bonchev–Trinajstić information content (AvgIpc) is 3.20. The molecule has 0 bridgehead atoms. The Labute approximate surface area is 354 Å². The van der Waals surface area contributed by atoms with Gasteiger partial charge in [0.2, 0.25) is 5.91 Å². The summed E-state index contributed by atoms with van der Waals surface area (Å²) in [6, 6.07) is -0.700. The van der Waals surface area contributed by atoms with Crippen LogP contribution in [0.2, 0.25) is 0 Å². The van der Waals surface area contributed by atoms with Gasteiger partial charge in [-0.15, -0.1) is 0 Å². The predicted octanol–water partition coefficient (Wildman–Crippen LogP) is 14.7. The van der Waals surface area contributed by atoms with Gasteiger partial charge in [0.05, 0.1) is 25.2 Å². The molecule has 0 aliphatic heterocycles. The van der Waals surface area contributed by atoms with E-state index in [1.807, 2.05) is 0 Å². The molecule has 0 saturated heterocycles. The molecule has 57 heavy (non-hydrogen) atoms. The first-order valence-corrected chi connectivity index (χ1v) is 25.1. The number of nitrogens with one attached hydrogen (secondary N) is 1. The zero-order valence-electron chi connectivity index (χ0n) is 38.2. The van der Waals surface area contributed by atoms with E-state index < -0.39 is 18.2 Å². The summed E-state index contributed by atoms with van der Waals surface area (Å²) in [4.78, 5) is 26.1. The third-order valence-corrected chi connectivity index (χ3v) is 11.6. The lowest BCUT2D eigenvalue weighted by Gasteiger charge is -2.24. The van der Waals surface area contributed by atoms with Gasteiger partial charge < -0.3 is 20.3 Å². The van der Waals surface area contributed by atoms with Gasteiger partial charge in [-0.05, 0) is 51.4 Å². The highest BCUT2D eigenvalue weighted by molar-refractivity contribution is 5.77. The molecule has 0 aromatic heterocycles. The Morgan fingerprint density at radius 2 is 0.877 bits per heavy atom. The fourth-order valence-electron chi connectivity index (χ4n) is 7.72. The van der Waals surface area contributed by atoms with E-state index in [0.29, 0.717) is 19.3 Å². The number of ether oxygens (including phenoxy) is 1. The Hall–Kier alpha value is -1.66. The van der Waals surface area contributed by atoms with Crippen molar-refractivity contribution in [3.05, 3.63) is 24.3 Å². The second-order valence-corrected chi connectivity index (χ2v) is 17.3. The van der Waals surface area contributed by atoms with Gasteiger partial charge >= 0.3 is 5.97 Å². The van der Waals surface area contributed by atoms with Crippen molar-refractivity contribution in [2.24, 2.45) is 0 Å². The number of carbonyl (C=O) groups is 2. The number of amides is 1. The van der Waals surface area contributed by atoms with E-state index in [1.165, 1.54) is 154 Å². The highest BCUT2D eigenvalue weighted by atomic mass is 16.5. The van der Waals surface area contributed by atoms with Gasteiger partial charge in [-0.1, -0.05) is 225 Å². The molecule has 0 radical (unpaired) electrons. The first-order valence-electron chi connectivity index (χ1n) is 25.1. The zero-order chi connectivity index (χ0) is 41.7. The summed E-state index contributed by atoms with van der Waals surface area (Å²) in [5, 5.41) is 23.7. The molecule has 0 heterocycles. The van der Waals surface area contributed by atoms with E-state index in [-0.39, 0.29) is 24.9 Å². The maximum absolute atomic E-state index is 13.2. The summed E-state index contributed by atoms with van der Waals surface area (Å²) in [5.74, 6) is -0.494. The molecule has 6 heteroatoms. The summed E-state index contributed by atoms with van der Waals surface area (Å²) in [6.45, 7) is 6.47. The van der Waals surface area contributed by atoms with Crippen molar-refractivity contribution in [3.63, 3.8) is 0 Å². The molecule has 6 nitrogen and oxygen atoms in total. The standard InChI is InChI=1S/C51H97NO5/c1-4-7-10-13-16-19-22-24-25-26-27-29-32-35-38-41-44-51(56)57-47(42-39-36-33-30-28-23-20-17-14-11-8-5-2)45-50(55)52-48(46-53)49(54)43-40-37-34-31-21-18-15-12-9-6-3/h25-27,29,47-49,53-54H,4-24,28,30-46H2,1-3H3,(H,52,55)/b26-25+,29-27+. The average molecular weight is 804 g/mol. The summed E-state index contributed by atoms with van der Waals surface area (Å²) in [6.07, 6.45) is 50.9. The van der Waals surface area contributed by atoms with E-state index in [2.05, 4.69) is 50.4 Å². The van der Waals surface area contributed by atoms with Crippen LogP contribution in [0.1, 0.15) is 265 Å². The van der Waals surface area contributed by atoms with Crippen molar-refractivity contribution in [3.8, 4) is 0 Å². The molecule has 0 aliphatic rings. The minimum Gasteiger partial charge on any atom is -0.462 e. The Morgan fingerprint density at radius 3 is 1.30 bits per heavy atom. The fourth-order valence-corrected chi connectivity index (χ4v) is 7.72. The van der Waals surface area contributed by atoms with E-state index >= 15 is 0 Å². The van der Waals surface area contributed by atoms with Crippen LogP contribution in [-0.2, 0) is 14.3 Å². The number of esters is 1. The van der Waals surface area contributed by atoms with Crippen LogP contribution in [0.4, 0.5) is 0 Å². The minimum absolute atomic E-state index is 0.0719. The quantitative estimate of drug-likeness (QED) is 0.0324. The molecular formula is C51H97NO5. The molecule has 3 unspecified atom stereocenters. The highest BCUT2D eigenvalue weighted by Crippen LogP contribution is 2.18. The Kier molecular flexibility index (Phi) is 44.1. The van der Waals surface area contributed by atoms with E-state index in [1.54, 1.807) is 0 Å². The van der Waals surface area contributed by atoms with E-state index in [4.69, 9.17) is 4.74 Å². The summed E-state index contributed by atoms with van der Waals surface area (Å²) < 4.78 is 5.91. The molecule has 0 rings (SSSR count). The topological polar surface area (TPSA) is 95.9 Å². The third kappa shape index (κ3) is 40.9. The van der Waals surface area contributed by atoms with Gasteiger partial charge in [-0.2, -0.15) is 0 Å². The van der Waals surface area contributed by atoms with Crippen molar-refractivity contribution in [2.75, 3.05) is 6.61 Å². The monoisotopic (exact) mass is 804 g/mol. The number of hydrogen-bond donors (Lipinski definition) is 3. The number of hydrogen-bond acceptors (Lipinski definition) is 5. The van der Waals surface area contributed by atoms with Gasteiger partial charge in [-0.25, -0.2) is 0 Å². The highest BCUT2D eigenvalue weighted by Gasteiger charge is 2.24. The van der Waals surface area contributed by atoms with Gasteiger partial charge in [-0.3, -0.25) is 9.59 Å². The third-order valence-electron chi connectivity index (χ3n) is 11.6. The number of carbonyl (C=O) groups excluding carboxylic acids is 2. The molecule has 0 aromatic rings. The Bertz CT molecular complexity index is 904. The molecule has 0 saturated carbocycles. The molecule has 3 N–H and O–H groups in total. The summed E-state index contributed by atoms with van der Waals surface area (Å²) >= 11 is 0. The molecule has 1 amide bonds. The van der Waals surface area contributed by atoms with Crippen molar-refractivity contribution < 1.29 is 24.5 Å². The van der Waals surface area contributed by atoms with Crippen LogP contribution >= 0.6 is 0 Å². The Morgan fingerprint density at radius 1 is 0.509 bits per heavy atom. The first kappa shape index (κ1) is 55.3. The van der Waals surface area contributed by atoms with E-state index in [0.717, 1.165) is 64.2 Å². The lowest BCUT2D eigenvalue weighted by molar-refractivity contribution is -0.151. The predicted molar refractivity (Wildman–Crippen MR) is 246 cm³/mol. The fraction of sp³-hybridized carbons (Fsp3) is 0.882. The first-order chi connectivity index (χ1) is 28.0. The van der Waals surface area contributed by atoms with E-state index in [9.17, 15) is 19.8 Å². The molecule has 0 aliphatic carbocycles. The van der Waals surface area contributed by atoms with Crippen LogP contribution in [0.3, 0.4) is 0 Å². The summed E-state index contributed by atoms with van der Waals surface area (Å²) in [7, 11) is 0. The smallest absolute Gasteiger partial charge is 0.306 e. The number of unbranched alkanes of at least 4 members (excludes halogenated alkanes) is 30. The van der Waals surface area contributed by atoms with Crippen LogP contribution < -0.4 is 5.32 Å². The molecule has 0 spiro atoms. The largest absolute Gasteiger partial charge is 0.462 e. The molecule has 3 atom stereocenters. The molecular weight excluding hydrogens is 707 g/mol.